The zero-order valence-corrected chi connectivity index (χ0v) is 9.42. The van der Waals surface area contributed by atoms with E-state index in [9.17, 15) is 4.79 Å². The lowest BCUT2D eigenvalue weighted by molar-refractivity contribution is 0.175. The van der Waals surface area contributed by atoms with Gasteiger partial charge in [0.15, 0.2) is 0 Å². The number of nitrogens with zero attached hydrogens (tertiary/aromatic N) is 1. The second-order valence-corrected chi connectivity index (χ2v) is 3.98. The molecule has 0 aliphatic carbocycles. The second-order valence-electron chi connectivity index (χ2n) is 3.98. The molecular weight excluding hydrogens is 164 g/mol. The molecule has 0 heterocycles. The quantitative estimate of drug-likeness (QED) is 0.716. The molecule has 0 unspecified atom stereocenters. The minimum atomic E-state index is 0.0474. The van der Waals surface area contributed by atoms with Gasteiger partial charge in [-0.05, 0) is 26.7 Å². The number of hydrogen-bond donors (Lipinski definition) is 1. The largest absolute Gasteiger partial charge is 0.338 e. The van der Waals surface area contributed by atoms with Gasteiger partial charge in [-0.2, -0.15) is 0 Å². The number of rotatable bonds is 4. The summed E-state index contributed by atoms with van der Waals surface area (Å²) in [6.45, 7) is 11.8. The van der Waals surface area contributed by atoms with E-state index in [0.717, 1.165) is 6.54 Å². The molecule has 0 aromatic heterocycles. The highest BCUT2D eigenvalue weighted by Gasteiger charge is 2.16. The molecule has 1 N–H and O–H groups in total. The molecule has 13 heavy (non-hydrogen) atoms. The first-order valence-electron chi connectivity index (χ1n) is 5.03. The standard InChI is InChI=1S/C10H22N2O/c1-6-11-10(13)12(9(4)5)7-8(2)3/h8-9H,6-7H2,1-5H3,(H,11,13). The molecule has 0 radical (unpaired) electrons. The van der Waals surface area contributed by atoms with Crippen LogP contribution in [-0.2, 0) is 0 Å². The number of nitrogens with one attached hydrogen (secondary N) is 1. The van der Waals surface area contributed by atoms with Gasteiger partial charge in [-0.3, -0.25) is 0 Å². The first-order valence-corrected chi connectivity index (χ1v) is 5.03. The Hall–Kier alpha value is -0.730. The summed E-state index contributed by atoms with van der Waals surface area (Å²) in [6.07, 6.45) is 0. The maximum Gasteiger partial charge on any atom is 0.317 e. The molecule has 0 aliphatic heterocycles. The second kappa shape index (κ2) is 5.84. The van der Waals surface area contributed by atoms with Gasteiger partial charge < -0.3 is 10.2 Å². The Kier molecular flexibility index (Phi) is 5.51. The molecule has 0 fully saturated rings. The fraction of sp³-hybridized carbons (Fsp3) is 0.900. The van der Waals surface area contributed by atoms with Gasteiger partial charge in [-0.1, -0.05) is 13.8 Å². The molecule has 0 spiro atoms. The van der Waals surface area contributed by atoms with Crippen LogP contribution in [0.3, 0.4) is 0 Å². The van der Waals surface area contributed by atoms with Crippen LogP contribution in [0.1, 0.15) is 34.6 Å². The van der Waals surface area contributed by atoms with E-state index < -0.39 is 0 Å². The lowest BCUT2D eigenvalue weighted by atomic mass is 10.2. The highest BCUT2D eigenvalue weighted by atomic mass is 16.2. The van der Waals surface area contributed by atoms with Gasteiger partial charge in [0.25, 0.3) is 0 Å². The van der Waals surface area contributed by atoms with Crippen molar-refractivity contribution in [3.05, 3.63) is 0 Å². The van der Waals surface area contributed by atoms with E-state index in [1.54, 1.807) is 0 Å². The van der Waals surface area contributed by atoms with Crippen molar-refractivity contribution in [2.75, 3.05) is 13.1 Å². The van der Waals surface area contributed by atoms with E-state index in [1.165, 1.54) is 0 Å². The van der Waals surface area contributed by atoms with E-state index in [-0.39, 0.29) is 12.1 Å². The van der Waals surface area contributed by atoms with Crippen LogP contribution in [0.25, 0.3) is 0 Å². The Bertz CT molecular complexity index is 155. The van der Waals surface area contributed by atoms with Crippen molar-refractivity contribution in [3.63, 3.8) is 0 Å². The predicted octanol–water partition coefficient (Wildman–Crippen LogP) is 2.08. The zero-order valence-electron chi connectivity index (χ0n) is 9.42. The molecule has 3 heteroatoms. The molecule has 2 amide bonds. The molecule has 0 atom stereocenters. The van der Waals surface area contributed by atoms with Gasteiger partial charge in [0.05, 0.1) is 0 Å². The highest BCUT2D eigenvalue weighted by Crippen LogP contribution is 2.04. The van der Waals surface area contributed by atoms with Crippen LogP contribution in [0.5, 0.6) is 0 Å². The molecular formula is C10H22N2O. The Morgan fingerprint density at radius 2 is 1.85 bits per heavy atom. The van der Waals surface area contributed by atoms with E-state index in [1.807, 2.05) is 25.7 Å². The van der Waals surface area contributed by atoms with Gasteiger partial charge in [-0.25, -0.2) is 4.79 Å². The first-order chi connectivity index (χ1) is 5.99. The highest BCUT2D eigenvalue weighted by molar-refractivity contribution is 5.74. The maximum absolute atomic E-state index is 11.5. The van der Waals surface area contributed by atoms with Gasteiger partial charge in [0.1, 0.15) is 0 Å². The Morgan fingerprint density at radius 1 is 1.31 bits per heavy atom. The predicted molar refractivity (Wildman–Crippen MR) is 55.8 cm³/mol. The summed E-state index contributed by atoms with van der Waals surface area (Å²) in [7, 11) is 0. The minimum Gasteiger partial charge on any atom is -0.338 e. The van der Waals surface area contributed by atoms with Crippen LogP contribution in [0.4, 0.5) is 4.79 Å². The molecule has 0 saturated heterocycles. The SMILES string of the molecule is CCNC(=O)N(CC(C)C)C(C)C. The summed E-state index contributed by atoms with van der Waals surface area (Å²) >= 11 is 0. The summed E-state index contributed by atoms with van der Waals surface area (Å²) in [4.78, 5) is 13.4. The zero-order chi connectivity index (χ0) is 10.4. The average molecular weight is 186 g/mol. The smallest absolute Gasteiger partial charge is 0.317 e. The van der Waals surface area contributed by atoms with Crippen LogP contribution in [0, 0.1) is 5.92 Å². The topological polar surface area (TPSA) is 32.3 Å². The van der Waals surface area contributed by atoms with E-state index >= 15 is 0 Å². The first kappa shape index (κ1) is 12.3. The summed E-state index contributed by atoms with van der Waals surface area (Å²) < 4.78 is 0. The van der Waals surface area contributed by atoms with E-state index in [4.69, 9.17) is 0 Å². The lowest BCUT2D eigenvalue weighted by Crippen LogP contribution is -2.45. The average Bonchev–Trinajstić information content (AvgIpc) is 1.99. The minimum absolute atomic E-state index is 0.0474. The summed E-state index contributed by atoms with van der Waals surface area (Å²) in [5, 5.41) is 2.82. The Labute approximate surface area is 81.5 Å². The molecule has 0 bridgehead atoms. The molecule has 0 aromatic rings. The summed E-state index contributed by atoms with van der Waals surface area (Å²) in [5.74, 6) is 0.519. The molecule has 0 saturated carbocycles. The van der Waals surface area contributed by atoms with Crippen molar-refractivity contribution >= 4 is 6.03 Å². The Morgan fingerprint density at radius 3 is 2.15 bits per heavy atom. The Balaban J connectivity index is 4.15. The van der Waals surface area contributed by atoms with Crippen molar-refractivity contribution in [3.8, 4) is 0 Å². The van der Waals surface area contributed by atoms with Crippen molar-refractivity contribution in [2.45, 2.75) is 40.7 Å². The summed E-state index contributed by atoms with van der Waals surface area (Å²) in [5.41, 5.74) is 0. The molecule has 0 aliphatic rings. The maximum atomic E-state index is 11.5. The number of amides is 2. The summed E-state index contributed by atoms with van der Waals surface area (Å²) in [6, 6.07) is 0.320. The fourth-order valence-corrected chi connectivity index (χ4v) is 1.17. The van der Waals surface area contributed by atoms with Gasteiger partial charge in [0.2, 0.25) is 0 Å². The molecule has 78 valence electrons. The van der Waals surface area contributed by atoms with E-state index in [0.29, 0.717) is 12.5 Å². The molecule has 0 rings (SSSR count). The number of carbonyl (C=O) groups excluding carboxylic acids is 1. The van der Waals surface area contributed by atoms with Crippen LogP contribution in [-0.4, -0.2) is 30.1 Å². The van der Waals surface area contributed by atoms with Crippen molar-refractivity contribution in [1.82, 2.24) is 10.2 Å². The van der Waals surface area contributed by atoms with Gasteiger partial charge in [0, 0.05) is 19.1 Å². The number of hydrogen-bond acceptors (Lipinski definition) is 1. The fourth-order valence-electron chi connectivity index (χ4n) is 1.17. The van der Waals surface area contributed by atoms with Gasteiger partial charge in [-0.15, -0.1) is 0 Å². The van der Waals surface area contributed by atoms with Crippen molar-refractivity contribution in [2.24, 2.45) is 5.92 Å². The van der Waals surface area contributed by atoms with Crippen molar-refractivity contribution < 1.29 is 4.79 Å². The van der Waals surface area contributed by atoms with Crippen LogP contribution in [0.2, 0.25) is 0 Å². The van der Waals surface area contributed by atoms with Gasteiger partial charge >= 0.3 is 6.03 Å². The van der Waals surface area contributed by atoms with Crippen LogP contribution < -0.4 is 5.32 Å². The van der Waals surface area contributed by atoms with Crippen LogP contribution >= 0.6 is 0 Å². The molecule has 3 nitrogen and oxygen atoms in total. The third-order valence-corrected chi connectivity index (χ3v) is 1.77. The van der Waals surface area contributed by atoms with Crippen molar-refractivity contribution in [1.29, 1.82) is 0 Å². The monoisotopic (exact) mass is 186 g/mol. The molecule has 0 aromatic carbocycles. The number of carbonyl (C=O) groups is 1. The van der Waals surface area contributed by atoms with Crippen LogP contribution in [0.15, 0.2) is 0 Å². The third-order valence-electron chi connectivity index (χ3n) is 1.77. The lowest BCUT2D eigenvalue weighted by Gasteiger charge is -2.28. The number of urea groups is 1. The third kappa shape index (κ3) is 4.76. The normalized spacial score (nSPS) is 10.7. The van der Waals surface area contributed by atoms with E-state index in [2.05, 4.69) is 19.2 Å².